The summed E-state index contributed by atoms with van der Waals surface area (Å²) in [6, 6.07) is 10.3. The molecule has 5 heteroatoms. The fourth-order valence-corrected chi connectivity index (χ4v) is 2.39. The molecule has 0 aliphatic heterocycles. The van der Waals surface area contributed by atoms with Crippen LogP contribution in [0.2, 0.25) is 0 Å². The van der Waals surface area contributed by atoms with Crippen molar-refractivity contribution in [3.05, 3.63) is 42.2 Å². The molecule has 5 nitrogen and oxygen atoms in total. The van der Waals surface area contributed by atoms with Crippen LogP contribution in [0.15, 0.2) is 36.7 Å². The van der Waals surface area contributed by atoms with Gasteiger partial charge in [0.2, 0.25) is 0 Å². The Morgan fingerprint density at radius 1 is 1.00 bits per heavy atom. The number of hydrogen-bond donors (Lipinski definition) is 1. The Morgan fingerprint density at radius 3 is 2.24 bits per heavy atom. The minimum absolute atomic E-state index is 0.639. The highest BCUT2D eigenvalue weighted by Gasteiger charge is 2.15. The van der Waals surface area contributed by atoms with Crippen molar-refractivity contribution in [2.45, 2.75) is 20.4 Å². The van der Waals surface area contributed by atoms with Crippen LogP contribution >= 0.6 is 0 Å². The fraction of sp³-hybridized carbons (Fsp3) is 0.375. The van der Waals surface area contributed by atoms with Gasteiger partial charge in [0.1, 0.15) is 12.0 Å². The van der Waals surface area contributed by atoms with Gasteiger partial charge in [-0.05, 0) is 19.4 Å². The summed E-state index contributed by atoms with van der Waals surface area (Å²) < 4.78 is 0. The summed E-state index contributed by atoms with van der Waals surface area (Å²) in [6.45, 7) is 6.70. The van der Waals surface area contributed by atoms with Gasteiger partial charge in [0.05, 0.1) is 0 Å². The maximum Gasteiger partial charge on any atom is 0.157 e. The van der Waals surface area contributed by atoms with Gasteiger partial charge in [0, 0.05) is 26.7 Å². The Hall–Kier alpha value is -2.30. The number of aromatic nitrogens is 2. The van der Waals surface area contributed by atoms with Crippen LogP contribution in [0.3, 0.4) is 0 Å². The molecule has 0 amide bonds. The molecule has 0 radical (unpaired) electrons. The second-order valence-electron chi connectivity index (χ2n) is 4.95. The molecule has 1 heterocycles. The molecular weight excluding hydrogens is 262 g/mol. The molecule has 21 heavy (non-hydrogen) atoms. The average molecular weight is 285 g/mol. The first kappa shape index (κ1) is 15.1. The zero-order chi connectivity index (χ0) is 15.2. The fourth-order valence-electron chi connectivity index (χ4n) is 2.39. The van der Waals surface area contributed by atoms with Crippen molar-refractivity contribution in [3.63, 3.8) is 0 Å². The molecule has 1 aromatic heterocycles. The monoisotopic (exact) mass is 285 g/mol. The smallest absolute Gasteiger partial charge is 0.157 e. The molecule has 0 bridgehead atoms. The highest BCUT2D eigenvalue weighted by atomic mass is 15.2. The van der Waals surface area contributed by atoms with E-state index in [2.05, 4.69) is 45.7 Å². The van der Waals surface area contributed by atoms with Crippen molar-refractivity contribution in [1.82, 2.24) is 9.97 Å². The van der Waals surface area contributed by atoms with Crippen LogP contribution in [0.1, 0.15) is 19.4 Å². The molecule has 0 spiro atoms. The zero-order valence-electron chi connectivity index (χ0n) is 13.0. The second-order valence-corrected chi connectivity index (χ2v) is 4.95. The minimum atomic E-state index is 0.639. The van der Waals surface area contributed by atoms with E-state index in [9.17, 15) is 0 Å². The van der Waals surface area contributed by atoms with Gasteiger partial charge >= 0.3 is 0 Å². The van der Waals surface area contributed by atoms with E-state index < -0.39 is 0 Å². The van der Waals surface area contributed by atoms with Gasteiger partial charge < -0.3 is 15.5 Å². The van der Waals surface area contributed by atoms with E-state index in [1.807, 2.05) is 25.2 Å². The Kier molecular flexibility index (Phi) is 4.98. The largest absolute Gasteiger partial charge is 0.393 e. The maximum absolute atomic E-state index is 6.28. The quantitative estimate of drug-likeness (QED) is 0.884. The maximum atomic E-state index is 6.28. The van der Waals surface area contributed by atoms with Crippen LogP contribution in [0.4, 0.5) is 17.3 Å². The van der Waals surface area contributed by atoms with Crippen molar-refractivity contribution in [1.29, 1.82) is 0 Å². The molecule has 0 saturated carbocycles. The number of nitrogens with zero attached hydrogens (tertiary/aromatic N) is 4. The van der Waals surface area contributed by atoms with Crippen LogP contribution in [-0.2, 0) is 6.54 Å². The summed E-state index contributed by atoms with van der Waals surface area (Å²) in [7, 11) is 2.00. The summed E-state index contributed by atoms with van der Waals surface area (Å²) in [4.78, 5) is 12.9. The molecule has 112 valence electrons. The summed E-state index contributed by atoms with van der Waals surface area (Å²) in [5.41, 5.74) is 8.14. The first-order chi connectivity index (χ1) is 10.2. The average Bonchev–Trinajstić information content (AvgIpc) is 2.51. The van der Waals surface area contributed by atoms with Crippen LogP contribution in [-0.4, -0.2) is 30.1 Å². The third-order valence-electron chi connectivity index (χ3n) is 3.53. The van der Waals surface area contributed by atoms with Crippen molar-refractivity contribution in [2.75, 3.05) is 35.7 Å². The van der Waals surface area contributed by atoms with Crippen LogP contribution in [0.5, 0.6) is 0 Å². The standard InChI is InChI=1S/C16H23N5/c1-4-21(5-2)16-14(17)15(18-12-19-16)20(3)11-13-9-7-6-8-10-13/h6-10,12H,4-5,11,17H2,1-3H3. The van der Waals surface area contributed by atoms with Crippen LogP contribution in [0.25, 0.3) is 0 Å². The van der Waals surface area contributed by atoms with Gasteiger partial charge in [-0.3, -0.25) is 0 Å². The third kappa shape index (κ3) is 3.42. The Balaban J connectivity index is 2.25. The molecule has 2 aromatic rings. The number of nitrogen functional groups attached to an aromatic ring is 1. The molecule has 0 unspecified atom stereocenters. The Morgan fingerprint density at radius 2 is 1.62 bits per heavy atom. The highest BCUT2D eigenvalue weighted by molar-refractivity contribution is 5.75. The molecule has 0 atom stereocenters. The number of hydrogen-bond acceptors (Lipinski definition) is 5. The Bertz CT molecular complexity index is 566. The van der Waals surface area contributed by atoms with E-state index in [0.717, 1.165) is 31.3 Å². The first-order valence-corrected chi connectivity index (χ1v) is 7.27. The number of benzene rings is 1. The second kappa shape index (κ2) is 6.92. The zero-order valence-corrected chi connectivity index (χ0v) is 13.0. The van der Waals surface area contributed by atoms with Gasteiger partial charge in [-0.15, -0.1) is 0 Å². The lowest BCUT2D eigenvalue weighted by Crippen LogP contribution is -2.26. The van der Waals surface area contributed by atoms with Crippen LogP contribution in [0, 0.1) is 0 Å². The lowest BCUT2D eigenvalue weighted by molar-refractivity contribution is 0.835. The van der Waals surface area contributed by atoms with Gasteiger partial charge in [-0.2, -0.15) is 0 Å². The van der Waals surface area contributed by atoms with Crippen LogP contribution < -0.4 is 15.5 Å². The number of anilines is 3. The van der Waals surface area contributed by atoms with Gasteiger partial charge in [-0.1, -0.05) is 30.3 Å². The third-order valence-corrected chi connectivity index (χ3v) is 3.53. The van der Waals surface area contributed by atoms with E-state index in [0.29, 0.717) is 5.69 Å². The number of nitrogens with two attached hydrogens (primary N) is 1. The predicted molar refractivity (Wildman–Crippen MR) is 88.6 cm³/mol. The lowest BCUT2D eigenvalue weighted by Gasteiger charge is -2.25. The first-order valence-electron chi connectivity index (χ1n) is 7.27. The van der Waals surface area contributed by atoms with E-state index in [1.54, 1.807) is 6.33 Å². The van der Waals surface area contributed by atoms with Crippen molar-refractivity contribution in [2.24, 2.45) is 0 Å². The molecule has 1 aromatic carbocycles. The van der Waals surface area contributed by atoms with E-state index in [-0.39, 0.29) is 0 Å². The normalized spacial score (nSPS) is 10.4. The summed E-state index contributed by atoms with van der Waals surface area (Å²) in [5.74, 6) is 1.58. The SMILES string of the molecule is CCN(CC)c1ncnc(N(C)Cc2ccccc2)c1N. The lowest BCUT2D eigenvalue weighted by atomic mass is 10.2. The van der Waals surface area contributed by atoms with Gasteiger partial charge in [0.15, 0.2) is 11.6 Å². The molecule has 0 saturated heterocycles. The number of rotatable bonds is 6. The Labute approximate surface area is 126 Å². The molecule has 2 N–H and O–H groups in total. The molecule has 0 aliphatic rings. The predicted octanol–water partition coefficient (Wildman–Crippen LogP) is 2.54. The van der Waals surface area contributed by atoms with E-state index >= 15 is 0 Å². The van der Waals surface area contributed by atoms with Crippen molar-refractivity contribution < 1.29 is 0 Å². The molecule has 0 aliphatic carbocycles. The summed E-state index contributed by atoms with van der Waals surface area (Å²) in [5, 5.41) is 0. The van der Waals surface area contributed by atoms with Gasteiger partial charge in [0.25, 0.3) is 0 Å². The summed E-state index contributed by atoms with van der Waals surface area (Å²) >= 11 is 0. The minimum Gasteiger partial charge on any atom is -0.393 e. The van der Waals surface area contributed by atoms with Gasteiger partial charge in [-0.25, -0.2) is 9.97 Å². The topological polar surface area (TPSA) is 58.3 Å². The molecular formula is C16H23N5. The molecule has 0 fully saturated rings. The highest BCUT2D eigenvalue weighted by Crippen LogP contribution is 2.28. The van der Waals surface area contributed by atoms with E-state index in [4.69, 9.17) is 5.73 Å². The van der Waals surface area contributed by atoms with E-state index in [1.165, 1.54) is 5.56 Å². The molecule has 2 rings (SSSR count). The van der Waals surface area contributed by atoms with Crippen molar-refractivity contribution in [3.8, 4) is 0 Å². The van der Waals surface area contributed by atoms with Crippen molar-refractivity contribution >= 4 is 17.3 Å². The summed E-state index contributed by atoms with van der Waals surface area (Å²) in [6.07, 6.45) is 1.58.